The first-order valence-corrected chi connectivity index (χ1v) is 16.3. The zero-order valence-corrected chi connectivity index (χ0v) is 26.0. The van der Waals surface area contributed by atoms with Crippen LogP contribution in [0.15, 0.2) is 83.8 Å². The molecule has 0 heterocycles. The number of hydrogen-bond donors (Lipinski definition) is 1. The van der Waals surface area contributed by atoms with Crippen LogP contribution in [0.1, 0.15) is 44.6 Å². The predicted octanol–water partition coefficient (Wildman–Crippen LogP) is 6.01. The second-order valence-electron chi connectivity index (χ2n) is 9.83. The van der Waals surface area contributed by atoms with Crippen molar-refractivity contribution in [2.75, 3.05) is 10.8 Å². The first kappa shape index (κ1) is 30.3. The highest BCUT2D eigenvalue weighted by atomic mass is 127. The Labute approximate surface area is 255 Å². The SMILES string of the molecule is CCC(C(=O)NC1CCCC1)N(Cc1ccccc1Cl)C(=O)CN(c1ccc(I)cc1)S(=O)(=O)c1ccccc1. The molecule has 4 rings (SSSR count). The molecule has 40 heavy (non-hydrogen) atoms. The first-order valence-electron chi connectivity index (χ1n) is 13.4. The first-order chi connectivity index (χ1) is 19.2. The van der Waals surface area contributed by atoms with E-state index in [-0.39, 0.29) is 23.4 Å². The van der Waals surface area contributed by atoms with Gasteiger partial charge in [0, 0.05) is 21.2 Å². The van der Waals surface area contributed by atoms with E-state index < -0.39 is 28.5 Å². The fraction of sp³-hybridized carbons (Fsp3) is 0.333. The van der Waals surface area contributed by atoms with Gasteiger partial charge in [0.1, 0.15) is 12.6 Å². The van der Waals surface area contributed by atoms with Crippen LogP contribution in [-0.2, 0) is 26.2 Å². The van der Waals surface area contributed by atoms with E-state index in [0.717, 1.165) is 33.6 Å². The Kier molecular flexibility index (Phi) is 10.5. The molecule has 0 radical (unpaired) electrons. The number of carbonyl (C=O) groups excluding carboxylic acids is 2. The van der Waals surface area contributed by atoms with Crippen molar-refractivity contribution in [3.63, 3.8) is 0 Å². The number of rotatable bonds is 11. The van der Waals surface area contributed by atoms with Crippen LogP contribution >= 0.6 is 34.2 Å². The molecule has 0 bridgehead atoms. The largest absolute Gasteiger partial charge is 0.352 e. The summed E-state index contributed by atoms with van der Waals surface area (Å²) in [7, 11) is -4.09. The number of amides is 2. The van der Waals surface area contributed by atoms with Crippen molar-refractivity contribution in [1.82, 2.24) is 10.2 Å². The molecule has 3 aromatic rings. The highest BCUT2D eigenvalue weighted by Crippen LogP contribution is 2.27. The Hall–Kier alpha value is -2.63. The summed E-state index contributed by atoms with van der Waals surface area (Å²) >= 11 is 8.61. The third-order valence-electron chi connectivity index (χ3n) is 7.11. The minimum atomic E-state index is -4.09. The molecule has 1 N–H and O–H groups in total. The minimum Gasteiger partial charge on any atom is -0.352 e. The van der Waals surface area contributed by atoms with Crippen molar-refractivity contribution in [2.45, 2.75) is 62.6 Å². The van der Waals surface area contributed by atoms with Crippen molar-refractivity contribution < 1.29 is 18.0 Å². The monoisotopic (exact) mass is 693 g/mol. The molecule has 0 aliphatic heterocycles. The molecule has 0 saturated heterocycles. The van der Waals surface area contributed by atoms with E-state index in [9.17, 15) is 18.0 Å². The van der Waals surface area contributed by atoms with Crippen molar-refractivity contribution in [3.8, 4) is 0 Å². The van der Waals surface area contributed by atoms with Gasteiger partial charge < -0.3 is 10.2 Å². The van der Waals surface area contributed by atoms with E-state index in [1.807, 2.05) is 19.1 Å². The molecule has 2 amide bonds. The quantitative estimate of drug-likeness (QED) is 0.250. The van der Waals surface area contributed by atoms with Crippen molar-refractivity contribution in [2.24, 2.45) is 0 Å². The van der Waals surface area contributed by atoms with Crippen LogP contribution in [0.5, 0.6) is 0 Å². The van der Waals surface area contributed by atoms with E-state index in [1.54, 1.807) is 54.6 Å². The zero-order chi connectivity index (χ0) is 28.7. The van der Waals surface area contributed by atoms with Crippen LogP contribution in [0, 0.1) is 3.57 Å². The number of halogens is 2. The van der Waals surface area contributed by atoms with Crippen molar-refractivity contribution >= 4 is 61.7 Å². The van der Waals surface area contributed by atoms with Gasteiger partial charge in [-0.2, -0.15) is 0 Å². The topological polar surface area (TPSA) is 86.8 Å². The van der Waals surface area contributed by atoms with E-state index in [1.165, 1.54) is 17.0 Å². The van der Waals surface area contributed by atoms with E-state index in [0.29, 0.717) is 22.7 Å². The number of nitrogens with one attached hydrogen (secondary N) is 1. The lowest BCUT2D eigenvalue weighted by atomic mass is 10.1. The molecule has 1 aliphatic rings. The molecule has 1 aliphatic carbocycles. The fourth-order valence-corrected chi connectivity index (χ4v) is 6.94. The summed E-state index contributed by atoms with van der Waals surface area (Å²) in [5.74, 6) is -0.729. The molecule has 0 spiro atoms. The number of anilines is 1. The number of sulfonamides is 1. The molecule has 1 fully saturated rings. The maximum absolute atomic E-state index is 14.1. The lowest BCUT2D eigenvalue weighted by Gasteiger charge is -2.34. The van der Waals surface area contributed by atoms with Crippen LogP contribution in [0.4, 0.5) is 5.69 Å². The second kappa shape index (κ2) is 13.8. The third-order valence-corrected chi connectivity index (χ3v) is 9.99. The summed E-state index contributed by atoms with van der Waals surface area (Å²) in [6.07, 6.45) is 4.31. The van der Waals surface area contributed by atoms with Gasteiger partial charge in [0.05, 0.1) is 10.6 Å². The summed E-state index contributed by atoms with van der Waals surface area (Å²) in [5, 5.41) is 3.58. The van der Waals surface area contributed by atoms with Crippen LogP contribution in [0.2, 0.25) is 5.02 Å². The maximum atomic E-state index is 14.1. The van der Waals surface area contributed by atoms with Crippen LogP contribution < -0.4 is 9.62 Å². The van der Waals surface area contributed by atoms with Gasteiger partial charge in [-0.15, -0.1) is 0 Å². The Balaban J connectivity index is 1.71. The van der Waals surface area contributed by atoms with Gasteiger partial charge in [-0.05, 0) is 89.9 Å². The minimum absolute atomic E-state index is 0.0704. The molecule has 1 atom stereocenters. The summed E-state index contributed by atoms with van der Waals surface area (Å²) in [5.41, 5.74) is 1.04. The Morgan fingerprint density at radius 2 is 1.60 bits per heavy atom. The Morgan fingerprint density at radius 3 is 2.23 bits per heavy atom. The average molecular weight is 694 g/mol. The predicted molar refractivity (Wildman–Crippen MR) is 167 cm³/mol. The van der Waals surface area contributed by atoms with E-state index in [4.69, 9.17) is 11.6 Å². The summed E-state index contributed by atoms with van der Waals surface area (Å²) in [4.78, 5) is 29.2. The molecule has 10 heteroatoms. The summed E-state index contributed by atoms with van der Waals surface area (Å²) in [6, 6.07) is 21.4. The summed E-state index contributed by atoms with van der Waals surface area (Å²) < 4.78 is 29.7. The molecule has 3 aromatic carbocycles. The molecule has 0 aromatic heterocycles. The Bertz CT molecular complexity index is 1410. The number of carbonyl (C=O) groups is 2. The molecule has 1 unspecified atom stereocenters. The summed E-state index contributed by atoms with van der Waals surface area (Å²) in [6.45, 7) is 1.44. The standard InChI is InChI=1S/C30H33ClIN3O4S/c1-2-28(30(37)33-24-11-7-8-12-24)34(20-22-10-6-9-15-27(22)31)29(36)21-35(25-18-16-23(32)17-19-25)40(38,39)26-13-4-3-5-14-26/h3-6,9-10,13-19,24,28H,2,7-8,11-12,20-21H2,1H3,(H,33,37). The molecule has 7 nitrogen and oxygen atoms in total. The van der Waals surface area contributed by atoms with Crippen molar-refractivity contribution in [1.29, 1.82) is 0 Å². The smallest absolute Gasteiger partial charge is 0.264 e. The second-order valence-corrected chi connectivity index (χ2v) is 13.3. The van der Waals surface area contributed by atoms with Crippen molar-refractivity contribution in [3.05, 3.63) is 93.0 Å². The van der Waals surface area contributed by atoms with E-state index in [2.05, 4.69) is 27.9 Å². The van der Waals surface area contributed by atoms with E-state index >= 15 is 0 Å². The zero-order valence-electron chi connectivity index (χ0n) is 22.3. The van der Waals surface area contributed by atoms with Gasteiger partial charge >= 0.3 is 0 Å². The lowest BCUT2D eigenvalue weighted by Crippen LogP contribution is -2.53. The molecular weight excluding hydrogens is 661 g/mol. The molecule has 1 saturated carbocycles. The van der Waals surface area contributed by atoms with Gasteiger partial charge in [-0.3, -0.25) is 13.9 Å². The average Bonchev–Trinajstić information content (AvgIpc) is 3.46. The van der Waals surface area contributed by atoms with Crippen LogP contribution in [-0.4, -0.2) is 43.8 Å². The van der Waals surface area contributed by atoms with Gasteiger partial charge in [0.25, 0.3) is 10.0 Å². The van der Waals surface area contributed by atoms with Crippen LogP contribution in [0.25, 0.3) is 0 Å². The van der Waals surface area contributed by atoms with Gasteiger partial charge in [-0.25, -0.2) is 8.42 Å². The molecular formula is C30H33ClIN3O4S. The third kappa shape index (κ3) is 7.36. The number of hydrogen-bond acceptors (Lipinski definition) is 4. The van der Waals surface area contributed by atoms with Crippen LogP contribution in [0.3, 0.4) is 0 Å². The Morgan fingerprint density at radius 1 is 0.975 bits per heavy atom. The van der Waals surface area contributed by atoms with Gasteiger partial charge in [-0.1, -0.05) is 67.8 Å². The highest BCUT2D eigenvalue weighted by Gasteiger charge is 2.34. The molecule has 212 valence electrons. The van der Waals surface area contributed by atoms with Gasteiger partial charge in [0.2, 0.25) is 11.8 Å². The van der Waals surface area contributed by atoms with Gasteiger partial charge in [0.15, 0.2) is 0 Å². The highest BCUT2D eigenvalue weighted by molar-refractivity contribution is 14.1. The normalized spacial score (nSPS) is 14.5. The maximum Gasteiger partial charge on any atom is 0.264 e. The number of nitrogens with zero attached hydrogens (tertiary/aromatic N) is 2. The fourth-order valence-electron chi connectivity index (χ4n) is 4.95. The lowest BCUT2D eigenvalue weighted by molar-refractivity contribution is -0.140. The number of benzene rings is 3.